The Morgan fingerprint density at radius 2 is 2.00 bits per heavy atom. The molecule has 0 aromatic heterocycles. The van der Waals surface area contributed by atoms with Gasteiger partial charge in [-0.25, -0.2) is 0 Å². The molecule has 1 aliphatic rings. The fourth-order valence-electron chi connectivity index (χ4n) is 2.63. The molecule has 0 radical (unpaired) electrons. The Morgan fingerprint density at radius 3 is 2.67 bits per heavy atom. The van der Waals surface area contributed by atoms with Crippen LogP contribution in [0.4, 0.5) is 5.69 Å². The van der Waals surface area contributed by atoms with Crippen molar-refractivity contribution in [3.8, 4) is 0 Å². The Balaban J connectivity index is 2.18. The second kappa shape index (κ2) is 6.41. The molecule has 1 aliphatic heterocycles. The number of nitrogens with zero attached hydrogens (tertiary/aromatic N) is 2. The minimum atomic E-state index is 0.517. The standard InChI is InChI=1S/C14H22ClN3/c1-16-10-14-11-17(2)8-3-9-18(14)13-6-4-12(15)5-7-13/h4-7,14,16H,3,8-11H2,1-2H3. The number of anilines is 1. The summed E-state index contributed by atoms with van der Waals surface area (Å²) in [4.78, 5) is 4.91. The molecular formula is C14H22ClN3. The molecule has 1 atom stereocenters. The lowest BCUT2D eigenvalue weighted by atomic mass is 10.2. The highest BCUT2D eigenvalue weighted by atomic mass is 35.5. The summed E-state index contributed by atoms with van der Waals surface area (Å²) in [6.45, 7) is 4.39. The molecule has 1 heterocycles. The van der Waals surface area contributed by atoms with E-state index >= 15 is 0 Å². The van der Waals surface area contributed by atoms with Crippen LogP contribution in [0.2, 0.25) is 5.02 Å². The first-order valence-electron chi connectivity index (χ1n) is 6.56. The fraction of sp³-hybridized carbons (Fsp3) is 0.571. The highest BCUT2D eigenvalue weighted by molar-refractivity contribution is 6.30. The van der Waals surface area contributed by atoms with E-state index in [4.69, 9.17) is 11.6 Å². The number of rotatable bonds is 3. The van der Waals surface area contributed by atoms with Crippen LogP contribution in [0.5, 0.6) is 0 Å². The average molecular weight is 268 g/mol. The van der Waals surface area contributed by atoms with Crippen LogP contribution in [0.15, 0.2) is 24.3 Å². The second-order valence-electron chi connectivity index (χ2n) is 5.00. The van der Waals surface area contributed by atoms with Crippen molar-refractivity contribution in [3.05, 3.63) is 29.3 Å². The minimum Gasteiger partial charge on any atom is -0.366 e. The van der Waals surface area contributed by atoms with Crippen molar-refractivity contribution in [3.63, 3.8) is 0 Å². The third kappa shape index (κ3) is 3.37. The van der Waals surface area contributed by atoms with Gasteiger partial charge in [0.05, 0.1) is 6.04 Å². The number of benzene rings is 1. The van der Waals surface area contributed by atoms with Crippen molar-refractivity contribution in [2.45, 2.75) is 12.5 Å². The summed E-state index contributed by atoms with van der Waals surface area (Å²) in [5.74, 6) is 0. The Bertz CT molecular complexity index is 366. The van der Waals surface area contributed by atoms with E-state index in [1.54, 1.807) is 0 Å². The Hall–Kier alpha value is -0.770. The highest BCUT2D eigenvalue weighted by Gasteiger charge is 2.22. The molecule has 0 amide bonds. The SMILES string of the molecule is CNCC1CN(C)CCCN1c1ccc(Cl)cc1. The maximum absolute atomic E-state index is 5.96. The molecule has 0 aliphatic carbocycles. The van der Waals surface area contributed by atoms with E-state index in [1.165, 1.54) is 18.7 Å². The smallest absolute Gasteiger partial charge is 0.0541 e. The van der Waals surface area contributed by atoms with E-state index in [0.29, 0.717) is 6.04 Å². The highest BCUT2D eigenvalue weighted by Crippen LogP contribution is 2.22. The van der Waals surface area contributed by atoms with Crippen LogP contribution in [0.3, 0.4) is 0 Å². The molecule has 0 spiro atoms. The average Bonchev–Trinajstić information content (AvgIpc) is 2.53. The van der Waals surface area contributed by atoms with Crippen molar-refractivity contribution in [2.75, 3.05) is 45.2 Å². The van der Waals surface area contributed by atoms with E-state index in [9.17, 15) is 0 Å². The van der Waals surface area contributed by atoms with Gasteiger partial charge in [-0.15, -0.1) is 0 Å². The summed E-state index contributed by atoms with van der Waals surface area (Å²) in [5, 5.41) is 4.10. The van der Waals surface area contributed by atoms with Crippen LogP contribution in [-0.2, 0) is 0 Å². The minimum absolute atomic E-state index is 0.517. The molecule has 1 saturated heterocycles. The van der Waals surface area contributed by atoms with E-state index in [0.717, 1.165) is 24.7 Å². The summed E-state index contributed by atoms with van der Waals surface area (Å²) in [7, 11) is 4.22. The second-order valence-corrected chi connectivity index (χ2v) is 5.43. The summed E-state index contributed by atoms with van der Waals surface area (Å²) in [6.07, 6.45) is 1.21. The number of hydrogen-bond acceptors (Lipinski definition) is 3. The normalized spacial score (nSPS) is 21.9. The van der Waals surface area contributed by atoms with Gasteiger partial charge in [-0.1, -0.05) is 11.6 Å². The van der Waals surface area contributed by atoms with Gasteiger partial charge in [-0.3, -0.25) is 0 Å². The first-order chi connectivity index (χ1) is 8.70. The third-order valence-electron chi connectivity index (χ3n) is 3.50. The summed E-state index contributed by atoms with van der Waals surface area (Å²) in [5.41, 5.74) is 1.27. The van der Waals surface area contributed by atoms with Crippen molar-refractivity contribution in [2.24, 2.45) is 0 Å². The zero-order valence-corrected chi connectivity index (χ0v) is 12.0. The van der Waals surface area contributed by atoms with Crippen LogP contribution in [0.1, 0.15) is 6.42 Å². The molecule has 0 saturated carbocycles. The maximum Gasteiger partial charge on any atom is 0.0541 e. The first kappa shape index (κ1) is 13.7. The van der Waals surface area contributed by atoms with Crippen molar-refractivity contribution >= 4 is 17.3 Å². The summed E-state index contributed by atoms with van der Waals surface area (Å²) < 4.78 is 0. The van der Waals surface area contributed by atoms with Crippen molar-refractivity contribution < 1.29 is 0 Å². The topological polar surface area (TPSA) is 18.5 Å². The van der Waals surface area contributed by atoms with Gasteiger partial charge in [-0.05, 0) is 51.3 Å². The molecule has 1 aromatic rings. The third-order valence-corrected chi connectivity index (χ3v) is 3.75. The summed E-state index contributed by atoms with van der Waals surface area (Å²) in [6, 6.07) is 8.71. The Kier molecular flexibility index (Phi) is 4.87. The zero-order valence-electron chi connectivity index (χ0n) is 11.2. The van der Waals surface area contributed by atoms with Gasteiger partial charge in [0.2, 0.25) is 0 Å². The van der Waals surface area contributed by atoms with Gasteiger partial charge in [0.25, 0.3) is 0 Å². The van der Waals surface area contributed by atoms with Crippen LogP contribution in [-0.4, -0.2) is 51.2 Å². The molecule has 3 nitrogen and oxygen atoms in total. The Labute approximate surface area is 115 Å². The predicted octanol–water partition coefficient (Wildman–Crippen LogP) is 2.07. The summed E-state index contributed by atoms with van der Waals surface area (Å²) >= 11 is 5.96. The molecular weight excluding hydrogens is 246 g/mol. The molecule has 100 valence electrons. The molecule has 1 aromatic carbocycles. The predicted molar refractivity (Wildman–Crippen MR) is 78.6 cm³/mol. The van der Waals surface area contributed by atoms with E-state index < -0.39 is 0 Å². The van der Waals surface area contributed by atoms with Crippen molar-refractivity contribution in [1.82, 2.24) is 10.2 Å². The number of nitrogens with one attached hydrogen (secondary N) is 1. The van der Waals surface area contributed by atoms with Gasteiger partial charge in [-0.2, -0.15) is 0 Å². The number of hydrogen-bond donors (Lipinski definition) is 1. The lowest BCUT2D eigenvalue weighted by Gasteiger charge is -2.33. The first-order valence-corrected chi connectivity index (χ1v) is 6.94. The fourth-order valence-corrected chi connectivity index (χ4v) is 2.75. The van der Waals surface area contributed by atoms with Gasteiger partial charge < -0.3 is 15.1 Å². The molecule has 18 heavy (non-hydrogen) atoms. The van der Waals surface area contributed by atoms with Crippen LogP contribution < -0.4 is 10.2 Å². The molecule has 1 fully saturated rings. The van der Waals surface area contributed by atoms with Crippen LogP contribution >= 0.6 is 11.6 Å². The lowest BCUT2D eigenvalue weighted by molar-refractivity contribution is 0.328. The van der Waals surface area contributed by atoms with Crippen LogP contribution in [0.25, 0.3) is 0 Å². The van der Waals surface area contributed by atoms with E-state index in [2.05, 4.69) is 34.3 Å². The number of halogens is 1. The van der Waals surface area contributed by atoms with Gasteiger partial charge in [0.15, 0.2) is 0 Å². The molecule has 1 N–H and O–H groups in total. The molecule has 4 heteroatoms. The Morgan fingerprint density at radius 1 is 1.28 bits per heavy atom. The monoisotopic (exact) mass is 267 g/mol. The quantitative estimate of drug-likeness (QED) is 0.905. The molecule has 0 bridgehead atoms. The lowest BCUT2D eigenvalue weighted by Crippen LogP contribution is -2.46. The largest absolute Gasteiger partial charge is 0.366 e. The number of likely N-dealkylation sites (N-methyl/N-ethyl adjacent to an activating group) is 2. The van der Waals surface area contributed by atoms with E-state index in [1.807, 2.05) is 19.2 Å². The maximum atomic E-state index is 5.96. The van der Waals surface area contributed by atoms with Crippen molar-refractivity contribution in [1.29, 1.82) is 0 Å². The van der Waals surface area contributed by atoms with Gasteiger partial charge in [0, 0.05) is 30.3 Å². The molecule has 1 unspecified atom stereocenters. The zero-order chi connectivity index (χ0) is 13.0. The molecule has 2 rings (SSSR count). The van der Waals surface area contributed by atoms with Crippen LogP contribution in [0, 0.1) is 0 Å². The van der Waals surface area contributed by atoms with E-state index in [-0.39, 0.29) is 0 Å². The van der Waals surface area contributed by atoms with Gasteiger partial charge in [0.1, 0.15) is 0 Å². The van der Waals surface area contributed by atoms with Gasteiger partial charge >= 0.3 is 0 Å².